The molecule has 0 radical (unpaired) electrons. The topological polar surface area (TPSA) is 101 Å². The van der Waals surface area contributed by atoms with Gasteiger partial charge in [-0.2, -0.15) is 13.2 Å². The number of halogens is 3. The molecule has 0 aliphatic carbocycles. The van der Waals surface area contributed by atoms with Gasteiger partial charge in [0.1, 0.15) is 12.1 Å². The molecule has 0 atom stereocenters. The molecular formula is C17H16F3N5O3. The highest BCUT2D eigenvalue weighted by Crippen LogP contribution is 2.29. The van der Waals surface area contributed by atoms with Gasteiger partial charge in [-0.3, -0.25) is 9.88 Å². The fourth-order valence-corrected chi connectivity index (χ4v) is 2.41. The molecule has 3 rings (SSSR count). The zero-order valence-electron chi connectivity index (χ0n) is 14.4. The molecule has 28 heavy (non-hydrogen) atoms. The van der Waals surface area contributed by atoms with E-state index < -0.39 is 12.3 Å². The first-order valence-electron chi connectivity index (χ1n) is 8.21. The number of nitrogens with zero attached hydrogens (tertiary/aromatic N) is 3. The third-order valence-corrected chi connectivity index (χ3v) is 3.63. The zero-order chi connectivity index (χ0) is 20.1. The predicted molar refractivity (Wildman–Crippen MR) is 94.2 cm³/mol. The Morgan fingerprint density at radius 3 is 2.61 bits per heavy atom. The highest BCUT2D eigenvalue weighted by atomic mass is 19.4. The summed E-state index contributed by atoms with van der Waals surface area (Å²) in [5, 5.41) is 13.3. The van der Waals surface area contributed by atoms with Crippen molar-refractivity contribution in [1.82, 2.24) is 19.9 Å². The summed E-state index contributed by atoms with van der Waals surface area (Å²) in [7, 11) is 0. The zero-order valence-corrected chi connectivity index (χ0v) is 14.4. The molecule has 0 fully saturated rings. The number of aromatic nitrogens is 3. The number of fused-ring (bicyclic) bond motifs is 1. The molecule has 0 saturated heterocycles. The monoisotopic (exact) mass is 395 g/mol. The number of aliphatic hydroxyl groups excluding tert-OH is 1. The number of carbonyl (C=O) groups is 1. The molecular weight excluding hydrogens is 379 g/mol. The Hall–Kier alpha value is -3.34. The maximum Gasteiger partial charge on any atom is 0.482 e. The lowest BCUT2D eigenvalue weighted by molar-refractivity contribution is -0.0999. The lowest BCUT2D eigenvalue weighted by atomic mass is 10.3. The highest BCUT2D eigenvalue weighted by Gasteiger charge is 2.26. The van der Waals surface area contributed by atoms with Gasteiger partial charge in [-0.25, -0.2) is 14.8 Å². The molecule has 0 spiro atoms. The summed E-state index contributed by atoms with van der Waals surface area (Å²) in [6.07, 6.45) is -1.39. The van der Waals surface area contributed by atoms with Gasteiger partial charge in [0.05, 0.1) is 5.39 Å². The summed E-state index contributed by atoms with van der Waals surface area (Å²) in [6.45, 7) is 0.270. The number of rotatable bonds is 6. The van der Waals surface area contributed by atoms with Crippen LogP contribution in [0.5, 0.6) is 11.6 Å². The molecule has 2 aromatic heterocycles. The van der Waals surface area contributed by atoms with Crippen LogP contribution >= 0.6 is 0 Å². The molecule has 0 unspecified atom stereocenters. The molecule has 0 aliphatic heterocycles. The molecule has 0 bridgehead atoms. The van der Waals surface area contributed by atoms with Gasteiger partial charge in [-0.1, -0.05) is 0 Å². The lowest BCUT2D eigenvalue weighted by Crippen LogP contribution is -2.29. The van der Waals surface area contributed by atoms with Crippen molar-refractivity contribution in [2.75, 3.05) is 18.5 Å². The Kier molecular flexibility index (Phi) is 5.64. The number of carbonyl (C=O) groups excluding carboxylic acids is 1. The minimum absolute atomic E-state index is 0.0376. The average Bonchev–Trinajstić information content (AvgIpc) is 3.07. The molecule has 1 aromatic carbocycles. The SMILES string of the molecule is O=C(NCCCO)n1ccc2c(Oc3ccc(NC(F)(F)F)cc3)ncnc21. The number of alkyl halides is 3. The third kappa shape index (κ3) is 4.68. The van der Waals surface area contributed by atoms with E-state index in [0.29, 0.717) is 24.0 Å². The first kappa shape index (κ1) is 19.4. The first-order chi connectivity index (χ1) is 13.4. The van der Waals surface area contributed by atoms with Gasteiger partial charge in [0.2, 0.25) is 5.88 Å². The fraction of sp³-hybridized carbons (Fsp3) is 0.235. The number of anilines is 1. The largest absolute Gasteiger partial charge is 0.482 e. The van der Waals surface area contributed by atoms with E-state index >= 15 is 0 Å². The average molecular weight is 395 g/mol. The number of aliphatic hydroxyl groups is 1. The highest BCUT2D eigenvalue weighted by molar-refractivity contribution is 5.91. The quantitative estimate of drug-likeness (QED) is 0.438. The van der Waals surface area contributed by atoms with Crippen LogP contribution in [-0.2, 0) is 0 Å². The van der Waals surface area contributed by atoms with Gasteiger partial charge < -0.3 is 15.2 Å². The predicted octanol–water partition coefficient (Wildman–Crippen LogP) is 3.10. The van der Waals surface area contributed by atoms with Gasteiger partial charge in [0.15, 0.2) is 5.65 Å². The minimum Gasteiger partial charge on any atom is -0.438 e. The van der Waals surface area contributed by atoms with Crippen molar-refractivity contribution < 1.29 is 27.8 Å². The van der Waals surface area contributed by atoms with Gasteiger partial charge in [0.25, 0.3) is 0 Å². The maximum atomic E-state index is 12.3. The van der Waals surface area contributed by atoms with Crippen molar-refractivity contribution in [3.63, 3.8) is 0 Å². The van der Waals surface area contributed by atoms with Crippen molar-refractivity contribution >= 4 is 22.8 Å². The number of nitrogens with one attached hydrogen (secondary N) is 2. The van der Waals surface area contributed by atoms with Gasteiger partial charge in [-0.15, -0.1) is 0 Å². The summed E-state index contributed by atoms with van der Waals surface area (Å²) in [6, 6.07) is 6.34. The number of hydrogen-bond acceptors (Lipinski definition) is 6. The van der Waals surface area contributed by atoms with Crippen LogP contribution in [0.1, 0.15) is 6.42 Å². The van der Waals surface area contributed by atoms with E-state index in [1.807, 2.05) is 0 Å². The van der Waals surface area contributed by atoms with E-state index in [2.05, 4.69) is 15.3 Å². The first-order valence-corrected chi connectivity index (χ1v) is 8.21. The standard InChI is InChI=1S/C17H16F3N5O3/c18-17(19,20)24-11-2-4-12(5-3-11)28-15-13-6-8-25(14(13)22-10-23-15)16(27)21-7-1-9-26/h2-6,8,10,24,26H,1,7,9H2,(H,21,27). The molecule has 0 saturated carbocycles. The second kappa shape index (κ2) is 8.13. The van der Waals surface area contributed by atoms with Gasteiger partial charge in [0, 0.05) is 25.0 Å². The van der Waals surface area contributed by atoms with E-state index in [9.17, 15) is 18.0 Å². The Balaban J connectivity index is 1.78. The molecule has 148 valence electrons. The van der Waals surface area contributed by atoms with Crippen LogP contribution < -0.4 is 15.4 Å². The minimum atomic E-state index is -4.53. The summed E-state index contributed by atoms with van der Waals surface area (Å²) >= 11 is 0. The summed E-state index contributed by atoms with van der Waals surface area (Å²) in [5.41, 5.74) is 0.181. The summed E-state index contributed by atoms with van der Waals surface area (Å²) in [5.74, 6) is 0.427. The molecule has 3 N–H and O–H groups in total. The smallest absolute Gasteiger partial charge is 0.438 e. The Morgan fingerprint density at radius 2 is 1.93 bits per heavy atom. The van der Waals surface area contributed by atoms with Crippen molar-refractivity contribution in [3.8, 4) is 11.6 Å². The number of benzene rings is 1. The van der Waals surface area contributed by atoms with Crippen molar-refractivity contribution in [2.45, 2.75) is 12.7 Å². The van der Waals surface area contributed by atoms with E-state index in [-0.39, 0.29) is 23.9 Å². The van der Waals surface area contributed by atoms with E-state index in [1.165, 1.54) is 46.7 Å². The van der Waals surface area contributed by atoms with Crippen molar-refractivity contribution in [1.29, 1.82) is 0 Å². The Bertz CT molecular complexity index is 957. The molecule has 11 heteroatoms. The van der Waals surface area contributed by atoms with Crippen LogP contribution in [0.25, 0.3) is 11.0 Å². The molecule has 0 aliphatic rings. The normalized spacial score (nSPS) is 11.4. The number of hydrogen-bond donors (Lipinski definition) is 3. The van der Waals surface area contributed by atoms with E-state index in [0.717, 1.165) is 0 Å². The van der Waals surface area contributed by atoms with Crippen LogP contribution in [0, 0.1) is 0 Å². The molecule has 8 nitrogen and oxygen atoms in total. The van der Waals surface area contributed by atoms with Gasteiger partial charge in [-0.05, 0) is 36.8 Å². The van der Waals surface area contributed by atoms with Crippen LogP contribution in [0.3, 0.4) is 0 Å². The van der Waals surface area contributed by atoms with E-state index in [4.69, 9.17) is 9.84 Å². The lowest BCUT2D eigenvalue weighted by Gasteiger charge is -2.11. The van der Waals surface area contributed by atoms with Gasteiger partial charge >= 0.3 is 12.3 Å². The van der Waals surface area contributed by atoms with Crippen molar-refractivity contribution in [3.05, 3.63) is 42.9 Å². The maximum absolute atomic E-state index is 12.3. The van der Waals surface area contributed by atoms with Crippen molar-refractivity contribution in [2.24, 2.45) is 0 Å². The van der Waals surface area contributed by atoms with Crippen LogP contribution in [0.15, 0.2) is 42.9 Å². The second-order valence-electron chi connectivity index (χ2n) is 5.66. The number of amides is 1. The summed E-state index contributed by atoms with van der Waals surface area (Å²) in [4.78, 5) is 20.3. The third-order valence-electron chi connectivity index (χ3n) is 3.63. The van der Waals surface area contributed by atoms with E-state index in [1.54, 1.807) is 6.07 Å². The molecule has 1 amide bonds. The number of ether oxygens (including phenoxy) is 1. The molecule has 3 aromatic rings. The second-order valence-corrected chi connectivity index (χ2v) is 5.66. The van der Waals surface area contributed by atoms with Crippen LogP contribution in [-0.4, -0.2) is 45.1 Å². The fourth-order valence-electron chi connectivity index (χ4n) is 2.41. The Labute approximate surface area is 157 Å². The summed E-state index contributed by atoms with van der Waals surface area (Å²) < 4.78 is 43.9. The van der Waals surface area contributed by atoms with Crippen LogP contribution in [0.4, 0.5) is 23.7 Å². The molecule has 2 heterocycles. The van der Waals surface area contributed by atoms with Crippen LogP contribution in [0.2, 0.25) is 0 Å². The Morgan fingerprint density at radius 1 is 1.18 bits per heavy atom.